The highest BCUT2D eigenvalue weighted by atomic mass is 35.5. The molecule has 0 bridgehead atoms. The molecular weight excluding hydrogens is 300 g/mol. The van der Waals surface area contributed by atoms with Gasteiger partial charge in [0.2, 0.25) is 0 Å². The number of benzene rings is 2. The number of rotatable bonds is 5. The molecule has 0 radical (unpaired) electrons. The molecular formula is C15H14Cl2FNO. The van der Waals surface area contributed by atoms with Gasteiger partial charge in [0.1, 0.15) is 11.6 Å². The van der Waals surface area contributed by atoms with E-state index in [0.717, 1.165) is 5.56 Å². The van der Waals surface area contributed by atoms with Gasteiger partial charge in [-0.2, -0.15) is 0 Å². The normalized spacial score (nSPS) is 10.6. The zero-order valence-electron chi connectivity index (χ0n) is 10.9. The zero-order valence-corrected chi connectivity index (χ0v) is 12.4. The molecule has 0 saturated heterocycles. The quantitative estimate of drug-likeness (QED) is 0.881. The van der Waals surface area contributed by atoms with Crippen molar-refractivity contribution in [3.63, 3.8) is 0 Å². The van der Waals surface area contributed by atoms with E-state index in [1.165, 1.54) is 6.07 Å². The van der Waals surface area contributed by atoms with E-state index >= 15 is 0 Å². The van der Waals surface area contributed by atoms with Crippen molar-refractivity contribution in [1.29, 1.82) is 0 Å². The van der Waals surface area contributed by atoms with Crippen molar-refractivity contribution in [2.45, 2.75) is 13.1 Å². The fourth-order valence-electron chi connectivity index (χ4n) is 1.89. The third-order valence-corrected chi connectivity index (χ3v) is 3.52. The van der Waals surface area contributed by atoms with Gasteiger partial charge >= 0.3 is 0 Å². The fraction of sp³-hybridized carbons (Fsp3) is 0.200. The summed E-state index contributed by atoms with van der Waals surface area (Å²) in [7, 11) is 1.59. The SMILES string of the molecule is COc1cccc(Cl)c1CNCc1ccc(Cl)cc1F. The number of ether oxygens (including phenoxy) is 1. The minimum absolute atomic E-state index is 0.323. The monoisotopic (exact) mass is 313 g/mol. The van der Waals surface area contributed by atoms with Crippen LogP contribution in [0, 0.1) is 5.82 Å². The van der Waals surface area contributed by atoms with Crippen LogP contribution in [-0.2, 0) is 13.1 Å². The molecule has 0 aromatic heterocycles. The Balaban J connectivity index is 2.03. The highest BCUT2D eigenvalue weighted by Crippen LogP contribution is 2.26. The number of methoxy groups -OCH3 is 1. The standard InChI is InChI=1S/C15H14Cl2FNO/c1-20-15-4-2-3-13(17)12(15)9-19-8-10-5-6-11(16)7-14(10)18/h2-7,19H,8-9H2,1H3. The Morgan fingerprint density at radius 2 is 1.95 bits per heavy atom. The van der Waals surface area contributed by atoms with Crippen LogP contribution >= 0.6 is 23.2 Å². The molecule has 2 aromatic carbocycles. The van der Waals surface area contributed by atoms with E-state index in [-0.39, 0.29) is 5.82 Å². The van der Waals surface area contributed by atoms with Crippen LogP contribution in [0.5, 0.6) is 5.75 Å². The lowest BCUT2D eigenvalue weighted by Crippen LogP contribution is -2.14. The van der Waals surface area contributed by atoms with Crippen LogP contribution in [0.4, 0.5) is 4.39 Å². The van der Waals surface area contributed by atoms with Gasteiger partial charge in [-0.3, -0.25) is 0 Å². The maximum Gasteiger partial charge on any atom is 0.129 e. The molecule has 0 spiro atoms. The molecule has 0 aliphatic rings. The number of nitrogens with one attached hydrogen (secondary N) is 1. The summed E-state index contributed by atoms with van der Waals surface area (Å²) in [6.07, 6.45) is 0. The van der Waals surface area contributed by atoms with Gasteiger partial charge < -0.3 is 10.1 Å². The van der Waals surface area contributed by atoms with E-state index in [1.807, 2.05) is 12.1 Å². The average Bonchev–Trinajstić information content (AvgIpc) is 2.42. The minimum atomic E-state index is -0.323. The van der Waals surface area contributed by atoms with E-state index in [2.05, 4.69) is 5.32 Å². The Morgan fingerprint density at radius 3 is 2.65 bits per heavy atom. The Bertz CT molecular complexity index is 604. The second-order valence-corrected chi connectivity index (χ2v) is 5.10. The Hall–Kier alpha value is -1.29. The van der Waals surface area contributed by atoms with Gasteiger partial charge in [-0.25, -0.2) is 4.39 Å². The van der Waals surface area contributed by atoms with Gasteiger partial charge in [-0.1, -0.05) is 35.3 Å². The molecule has 0 aliphatic carbocycles. The Morgan fingerprint density at radius 1 is 1.15 bits per heavy atom. The maximum atomic E-state index is 13.6. The van der Waals surface area contributed by atoms with Gasteiger partial charge in [-0.15, -0.1) is 0 Å². The van der Waals surface area contributed by atoms with E-state index < -0.39 is 0 Å². The average molecular weight is 314 g/mol. The zero-order chi connectivity index (χ0) is 14.5. The largest absolute Gasteiger partial charge is 0.496 e. The van der Waals surface area contributed by atoms with Gasteiger partial charge in [0.05, 0.1) is 7.11 Å². The predicted octanol–water partition coefficient (Wildman–Crippen LogP) is 4.43. The van der Waals surface area contributed by atoms with Crippen LogP contribution < -0.4 is 10.1 Å². The van der Waals surface area contributed by atoms with Gasteiger partial charge in [0, 0.05) is 34.3 Å². The molecule has 106 valence electrons. The first kappa shape index (κ1) is 15.1. The van der Waals surface area contributed by atoms with Crippen LogP contribution in [0.25, 0.3) is 0 Å². The summed E-state index contributed by atoms with van der Waals surface area (Å²) in [5, 5.41) is 4.15. The number of halogens is 3. The van der Waals surface area contributed by atoms with Gasteiger partial charge in [0.15, 0.2) is 0 Å². The molecule has 0 saturated carbocycles. The predicted molar refractivity (Wildman–Crippen MR) is 80.0 cm³/mol. The van der Waals surface area contributed by atoms with Crippen molar-refractivity contribution in [2.75, 3.05) is 7.11 Å². The van der Waals surface area contributed by atoms with Crippen molar-refractivity contribution in [2.24, 2.45) is 0 Å². The van der Waals surface area contributed by atoms with E-state index in [4.69, 9.17) is 27.9 Å². The smallest absolute Gasteiger partial charge is 0.129 e. The van der Waals surface area contributed by atoms with Crippen LogP contribution in [0.3, 0.4) is 0 Å². The second-order valence-electron chi connectivity index (χ2n) is 4.26. The van der Waals surface area contributed by atoms with Gasteiger partial charge in [-0.05, 0) is 24.3 Å². The molecule has 2 aromatic rings. The molecule has 5 heteroatoms. The van der Waals surface area contributed by atoms with Crippen molar-refractivity contribution >= 4 is 23.2 Å². The van der Waals surface area contributed by atoms with E-state index in [0.29, 0.717) is 34.4 Å². The van der Waals surface area contributed by atoms with Crippen molar-refractivity contribution < 1.29 is 9.13 Å². The maximum absolute atomic E-state index is 13.6. The highest BCUT2D eigenvalue weighted by Gasteiger charge is 2.08. The third kappa shape index (κ3) is 3.63. The summed E-state index contributed by atoms with van der Waals surface area (Å²) in [5.74, 6) is 0.387. The first-order chi connectivity index (χ1) is 9.61. The second kappa shape index (κ2) is 6.93. The molecule has 1 N–H and O–H groups in total. The van der Waals surface area contributed by atoms with Gasteiger partial charge in [0.25, 0.3) is 0 Å². The molecule has 0 aliphatic heterocycles. The Labute approximate surface area is 127 Å². The molecule has 20 heavy (non-hydrogen) atoms. The van der Waals surface area contributed by atoms with Crippen molar-refractivity contribution in [3.05, 3.63) is 63.4 Å². The molecule has 0 fully saturated rings. The molecule has 0 unspecified atom stereocenters. The van der Waals surface area contributed by atoms with Crippen LogP contribution in [-0.4, -0.2) is 7.11 Å². The summed E-state index contributed by atoms with van der Waals surface area (Å²) in [6, 6.07) is 10.1. The topological polar surface area (TPSA) is 21.3 Å². The summed E-state index contributed by atoms with van der Waals surface area (Å²) in [6.45, 7) is 0.877. The molecule has 0 heterocycles. The van der Waals surface area contributed by atoms with Crippen molar-refractivity contribution in [1.82, 2.24) is 5.32 Å². The van der Waals surface area contributed by atoms with E-state index in [9.17, 15) is 4.39 Å². The van der Waals surface area contributed by atoms with Crippen LogP contribution in [0.1, 0.15) is 11.1 Å². The third-order valence-electron chi connectivity index (χ3n) is 2.93. The first-order valence-corrected chi connectivity index (χ1v) is 6.83. The summed E-state index contributed by atoms with van der Waals surface area (Å²) in [4.78, 5) is 0. The van der Waals surface area contributed by atoms with Crippen LogP contribution in [0.15, 0.2) is 36.4 Å². The minimum Gasteiger partial charge on any atom is -0.496 e. The summed E-state index contributed by atoms with van der Waals surface area (Å²) >= 11 is 11.8. The molecule has 0 amide bonds. The van der Waals surface area contributed by atoms with E-state index in [1.54, 1.807) is 25.3 Å². The van der Waals surface area contributed by atoms with Crippen LogP contribution in [0.2, 0.25) is 10.0 Å². The number of hydrogen-bond acceptors (Lipinski definition) is 2. The Kier molecular flexibility index (Phi) is 5.24. The summed E-state index contributed by atoms with van der Waals surface area (Å²) in [5.41, 5.74) is 1.41. The highest BCUT2D eigenvalue weighted by molar-refractivity contribution is 6.31. The molecule has 2 nitrogen and oxygen atoms in total. The summed E-state index contributed by atoms with van der Waals surface area (Å²) < 4.78 is 18.9. The lowest BCUT2D eigenvalue weighted by molar-refractivity contribution is 0.407. The molecule has 0 atom stereocenters. The number of hydrogen-bond donors (Lipinski definition) is 1. The van der Waals surface area contributed by atoms with Crippen molar-refractivity contribution in [3.8, 4) is 5.75 Å². The lowest BCUT2D eigenvalue weighted by atomic mass is 10.1. The fourth-order valence-corrected chi connectivity index (χ4v) is 2.28. The first-order valence-electron chi connectivity index (χ1n) is 6.08. The lowest BCUT2D eigenvalue weighted by Gasteiger charge is -2.11. The molecule has 2 rings (SSSR count).